The molecule has 0 aromatic heterocycles. The maximum Gasteiger partial charge on any atom is 0.170 e. The predicted molar refractivity (Wildman–Crippen MR) is 72.9 cm³/mol. The van der Waals surface area contributed by atoms with E-state index in [1.807, 2.05) is 0 Å². The molecule has 3 fully saturated rings. The van der Waals surface area contributed by atoms with E-state index in [1.165, 1.54) is 25.7 Å². The zero-order valence-electron chi connectivity index (χ0n) is 11.9. The lowest BCUT2D eigenvalue weighted by Crippen LogP contribution is -2.47. The molecule has 2 heterocycles. The molecular formula is C15H27NO3. The molecule has 1 unspecified atom stereocenters. The normalized spacial score (nSPS) is 30.2. The Hall–Kier alpha value is -0.160. The topological polar surface area (TPSA) is 41.9 Å². The van der Waals surface area contributed by atoms with Gasteiger partial charge in [0.15, 0.2) is 5.79 Å². The Morgan fingerprint density at radius 2 is 1.74 bits per heavy atom. The van der Waals surface area contributed by atoms with Crippen molar-refractivity contribution < 1.29 is 14.6 Å². The predicted octanol–water partition coefficient (Wildman–Crippen LogP) is 1.77. The van der Waals surface area contributed by atoms with E-state index in [4.69, 9.17) is 9.47 Å². The van der Waals surface area contributed by atoms with Crippen LogP contribution in [0.3, 0.4) is 0 Å². The van der Waals surface area contributed by atoms with Crippen LogP contribution in [0, 0.1) is 5.92 Å². The quantitative estimate of drug-likeness (QED) is 0.844. The van der Waals surface area contributed by atoms with E-state index in [1.54, 1.807) is 0 Å². The minimum atomic E-state index is -0.285. The first-order valence-corrected chi connectivity index (χ1v) is 7.94. The lowest BCUT2D eigenvalue weighted by molar-refractivity contribution is -0.186. The standard InChI is InChI=1S/C15H27NO3/c17-14(11-13-3-1-2-4-13)12-16-7-5-15(6-8-16)18-9-10-19-15/h13-14,17H,1-12H2. The Kier molecular flexibility index (Phi) is 4.42. The van der Waals surface area contributed by atoms with Gasteiger partial charge in [0.1, 0.15) is 0 Å². The van der Waals surface area contributed by atoms with Crippen molar-refractivity contribution in [3.63, 3.8) is 0 Å². The van der Waals surface area contributed by atoms with Crippen LogP contribution in [0.5, 0.6) is 0 Å². The van der Waals surface area contributed by atoms with Crippen LogP contribution in [-0.4, -0.2) is 54.7 Å². The summed E-state index contributed by atoms with van der Waals surface area (Å²) < 4.78 is 11.5. The monoisotopic (exact) mass is 269 g/mol. The third-order valence-electron chi connectivity index (χ3n) is 4.98. The summed E-state index contributed by atoms with van der Waals surface area (Å²) in [6.45, 7) is 4.28. The molecule has 0 bridgehead atoms. The van der Waals surface area contributed by atoms with Gasteiger partial charge < -0.3 is 19.5 Å². The Morgan fingerprint density at radius 3 is 2.37 bits per heavy atom. The zero-order chi connectivity index (χ0) is 13.1. The number of hydrogen-bond donors (Lipinski definition) is 1. The zero-order valence-corrected chi connectivity index (χ0v) is 11.9. The molecule has 4 heteroatoms. The lowest BCUT2D eigenvalue weighted by Gasteiger charge is -2.38. The molecule has 2 aliphatic heterocycles. The van der Waals surface area contributed by atoms with Crippen molar-refractivity contribution in [2.75, 3.05) is 32.8 Å². The van der Waals surface area contributed by atoms with Gasteiger partial charge in [0.05, 0.1) is 19.3 Å². The number of rotatable bonds is 4. The molecule has 1 atom stereocenters. The number of aliphatic hydroxyl groups is 1. The third-order valence-corrected chi connectivity index (χ3v) is 4.98. The molecule has 2 saturated heterocycles. The van der Waals surface area contributed by atoms with Crippen molar-refractivity contribution in [1.82, 2.24) is 4.90 Å². The van der Waals surface area contributed by atoms with Crippen molar-refractivity contribution in [2.24, 2.45) is 5.92 Å². The van der Waals surface area contributed by atoms with E-state index in [0.717, 1.165) is 58.0 Å². The van der Waals surface area contributed by atoms with Gasteiger partial charge in [0.2, 0.25) is 0 Å². The summed E-state index contributed by atoms with van der Waals surface area (Å²) in [4.78, 5) is 2.37. The Labute approximate surface area is 116 Å². The summed E-state index contributed by atoms with van der Waals surface area (Å²) in [6, 6.07) is 0. The third kappa shape index (κ3) is 3.48. The molecule has 0 aromatic carbocycles. The second-order valence-electron chi connectivity index (χ2n) is 6.45. The Bertz CT molecular complexity index is 275. The van der Waals surface area contributed by atoms with Gasteiger partial charge in [-0.3, -0.25) is 0 Å². The Balaban J connectivity index is 1.39. The van der Waals surface area contributed by atoms with Gasteiger partial charge in [-0.05, 0) is 12.3 Å². The van der Waals surface area contributed by atoms with Crippen LogP contribution in [0.15, 0.2) is 0 Å². The molecular weight excluding hydrogens is 242 g/mol. The summed E-state index contributed by atoms with van der Waals surface area (Å²) in [5, 5.41) is 10.2. The average Bonchev–Trinajstić information content (AvgIpc) is 3.05. The molecule has 1 N–H and O–H groups in total. The fourth-order valence-electron chi connectivity index (χ4n) is 3.87. The number of nitrogens with zero attached hydrogens (tertiary/aromatic N) is 1. The first-order valence-electron chi connectivity index (χ1n) is 7.94. The fraction of sp³-hybridized carbons (Fsp3) is 1.00. The number of hydrogen-bond acceptors (Lipinski definition) is 4. The molecule has 4 nitrogen and oxygen atoms in total. The number of likely N-dealkylation sites (tertiary alicyclic amines) is 1. The average molecular weight is 269 g/mol. The lowest BCUT2D eigenvalue weighted by atomic mass is 9.98. The first-order chi connectivity index (χ1) is 9.26. The molecule has 110 valence electrons. The smallest absolute Gasteiger partial charge is 0.170 e. The van der Waals surface area contributed by atoms with Crippen molar-refractivity contribution in [3.05, 3.63) is 0 Å². The van der Waals surface area contributed by atoms with Crippen molar-refractivity contribution >= 4 is 0 Å². The second kappa shape index (κ2) is 6.08. The summed E-state index contributed by atoms with van der Waals surface area (Å²) in [5.74, 6) is 0.486. The van der Waals surface area contributed by atoms with Gasteiger partial charge in [0.25, 0.3) is 0 Å². The second-order valence-corrected chi connectivity index (χ2v) is 6.45. The number of ether oxygens (including phenoxy) is 2. The maximum absolute atomic E-state index is 10.2. The van der Waals surface area contributed by atoms with E-state index in [-0.39, 0.29) is 11.9 Å². The number of β-amino-alcohol motifs (C(OH)–C–C–N with tert-alkyl or cyclic N) is 1. The van der Waals surface area contributed by atoms with Gasteiger partial charge in [-0.1, -0.05) is 25.7 Å². The number of piperidine rings is 1. The van der Waals surface area contributed by atoms with E-state index < -0.39 is 0 Å². The molecule has 0 amide bonds. The van der Waals surface area contributed by atoms with E-state index in [0.29, 0.717) is 0 Å². The highest BCUT2D eigenvalue weighted by Crippen LogP contribution is 2.32. The summed E-state index contributed by atoms with van der Waals surface area (Å²) in [7, 11) is 0. The summed E-state index contributed by atoms with van der Waals surface area (Å²) in [6.07, 6.45) is 8.10. The minimum Gasteiger partial charge on any atom is -0.392 e. The van der Waals surface area contributed by atoms with Crippen molar-refractivity contribution in [1.29, 1.82) is 0 Å². The van der Waals surface area contributed by atoms with Crippen LogP contribution < -0.4 is 0 Å². The van der Waals surface area contributed by atoms with Gasteiger partial charge in [-0.15, -0.1) is 0 Å². The highest BCUT2D eigenvalue weighted by molar-refractivity contribution is 4.84. The van der Waals surface area contributed by atoms with Crippen LogP contribution in [0.2, 0.25) is 0 Å². The SMILES string of the molecule is OC(CC1CCCC1)CN1CCC2(CC1)OCCO2. The van der Waals surface area contributed by atoms with E-state index >= 15 is 0 Å². The van der Waals surface area contributed by atoms with Crippen LogP contribution in [0.25, 0.3) is 0 Å². The highest BCUT2D eigenvalue weighted by Gasteiger charge is 2.39. The molecule has 0 aromatic rings. The van der Waals surface area contributed by atoms with Crippen LogP contribution in [0.4, 0.5) is 0 Å². The van der Waals surface area contributed by atoms with Gasteiger partial charge in [0, 0.05) is 32.5 Å². The first kappa shape index (κ1) is 13.8. The molecule has 0 radical (unpaired) electrons. The fourth-order valence-corrected chi connectivity index (χ4v) is 3.87. The van der Waals surface area contributed by atoms with Crippen molar-refractivity contribution in [3.8, 4) is 0 Å². The van der Waals surface area contributed by atoms with Crippen molar-refractivity contribution in [2.45, 2.75) is 56.8 Å². The molecule has 1 aliphatic carbocycles. The van der Waals surface area contributed by atoms with Gasteiger partial charge in [-0.25, -0.2) is 0 Å². The molecule has 3 aliphatic rings. The minimum absolute atomic E-state index is 0.150. The molecule has 3 rings (SSSR count). The van der Waals surface area contributed by atoms with Gasteiger partial charge >= 0.3 is 0 Å². The van der Waals surface area contributed by atoms with Crippen LogP contribution in [0.1, 0.15) is 44.9 Å². The Morgan fingerprint density at radius 1 is 1.11 bits per heavy atom. The van der Waals surface area contributed by atoms with Crippen LogP contribution >= 0.6 is 0 Å². The van der Waals surface area contributed by atoms with E-state index in [9.17, 15) is 5.11 Å². The highest BCUT2D eigenvalue weighted by atomic mass is 16.7. The largest absolute Gasteiger partial charge is 0.392 e. The molecule has 1 spiro atoms. The van der Waals surface area contributed by atoms with Gasteiger partial charge in [-0.2, -0.15) is 0 Å². The van der Waals surface area contributed by atoms with Crippen LogP contribution in [-0.2, 0) is 9.47 Å². The molecule has 19 heavy (non-hydrogen) atoms. The maximum atomic E-state index is 10.2. The number of aliphatic hydroxyl groups excluding tert-OH is 1. The van der Waals surface area contributed by atoms with E-state index in [2.05, 4.69) is 4.90 Å². The summed E-state index contributed by atoms with van der Waals surface area (Å²) in [5.41, 5.74) is 0. The molecule has 1 saturated carbocycles. The summed E-state index contributed by atoms with van der Waals surface area (Å²) >= 11 is 0.